The third kappa shape index (κ3) is 4.28. The van der Waals surface area contributed by atoms with E-state index in [4.69, 9.17) is 20.4 Å². The average Bonchev–Trinajstić information content (AvgIpc) is 2.02. The van der Waals surface area contributed by atoms with Crippen LogP contribution in [0.25, 0.3) is 0 Å². The molecule has 0 bridgehead atoms. The standard InChI is InChI=1S/C6H14O5/c1-4(2-7)11-6(10)5(9)3-8/h4-10H,2-3H2,1H3/t4?,5?,6-/m1/s1. The van der Waals surface area contributed by atoms with Crippen molar-refractivity contribution in [1.29, 1.82) is 0 Å². The van der Waals surface area contributed by atoms with Gasteiger partial charge >= 0.3 is 0 Å². The fourth-order valence-electron chi connectivity index (χ4n) is 0.462. The van der Waals surface area contributed by atoms with Crippen LogP contribution in [0.3, 0.4) is 0 Å². The number of aliphatic hydroxyl groups excluding tert-OH is 4. The molecule has 0 aliphatic rings. The third-order valence-corrected chi connectivity index (χ3v) is 1.15. The Balaban J connectivity index is 3.58. The molecule has 0 aliphatic carbocycles. The van der Waals surface area contributed by atoms with E-state index in [-0.39, 0.29) is 6.61 Å². The van der Waals surface area contributed by atoms with Crippen molar-refractivity contribution >= 4 is 0 Å². The summed E-state index contributed by atoms with van der Waals surface area (Å²) in [7, 11) is 0. The predicted octanol–water partition coefficient (Wildman–Crippen LogP) is -1.94. The van der Waals surface area contributed by atoms with Crippen LogP contribution in [0.4, 0.5) is 0 Å². The van der Waals surface area contributed by atoms with Crippen LogP contribution in [0, 0.1) is 0 Å². The first-order valence-electron chi connectivity index (χ1n) is 3.35. The Bertz CT molecular complexity index is 97.0. The summed E-state index contributed by atoms with van der Waals surface area (Å²) >= 11 is 0. The SMILES string of the molecule is CC(CO)O[C@@H](O)C(O)CO. The maximum Gasteiger partial charge on any atom is 0.183 e. The molecule has 0 aromatic heterocycles. The molecule has 0 aliphatic heterocycles. The minimum Gasteiger partial charge on any atom is -0.394 e. The molecule has 0 radical (unpaired) electrons. The van der Waals surface area contributed by atoms with Crippen molar-refractivity contribution in [2.75, 3.05) is 13.2 Å². The molecule has 0 fully saturated rings. The largest absolute Gasteiger partial charge is 0.394 e. The Morgan fingerprint density at radius 1 is 1.18 bits per heavy atom. The van der Waals surface area contributed by atoms with E-state index in [9.17, 15) is 0 Å². The van der Waals surface area contributed by atoms with Crippen molar-refractivity contribution in [2.24, 2.45) is 0 Å². The minimum absolute atomic E-state index is 0.241. The van der Waals surface area contributed by atoms with Crippen LogP contribution < -0.4 is 0 Å². The summed E-state index contributed by atoms with van der Waals surface area (Å²) in [4.78, 5) is 0. The molecule has 0 amide bonds. The maximum absolute atomic E-state index is 8.88. The summed E-state index contributed by atoms with van der Waals surface area (Å²) in [5, 5.41) is 34.4. The lowest BCUT2D eigenvalue weighted by molar-refractivity contribution is -0.197. The van der Waals surface area contributed by atoms with Crippen LogP contribution in [0.1, 0.15) is 6.92 Å². The van der Waals surface area contributed by atoms with Gasteiger partial charge in [0.05, 0.1) is 19.3 Å². The van der Waals surface area contributed by atoms with Gasteiger partial charge in [-0.2, -0.15) is 0 Å². The normalized spacial score (nSPS) is 19.4. The van der Waals surface area contributed by atoms with Crippen molar-refractivity contribution in [3.05, 3.63) is 0 Å². The van der Waals surface area contributed by atoms with Gasteiger partial charge in [-0.3, -0.25) is 0 Å². The predicted molar refractivity (Wildman–Crippen MR) is 36.7 cm³/mol. The Hall–Kier alpha value is -0.200. The first kappa shape index (κ1) is 10.8. The highest BCUT2D eigenvalue weighted by molar-refractivity contribution is 4.57. The van der Waals surface area contributed by atoms with Gasteiger partial charge in [0, 0.05) is 0 Å². The summed E-state index contributed by atoms with van der Waals surface area (Å²) in [5.41, 5.74) is 0. The lowest BCUT2D eigenvalue weighted by atomic mass is 10.3. The number of rotatable bonds is 5. The zero-order valence-corrected chi connectivity index (χ0v) is 6.34. The molecule has 0 saturated heterocycles. The van der Waals surface area contributed by atoms with Crippen LogP contribution in [-0.4, -0.2) is 52.1 Å². The van der Waals surface area contributed by atoms with Crippen LogP contribution >= 0.6 is 0 Å². The van der Waals surface area contributed by atoms with Crippen LogP contribution in [0.5, 0.6) is 0 Å². The van der Waals surface area contributed by atoms with E-state index in [1.807, 2.05) is 0 Å². The van der Waals surface area contributed by atoms with Gasteiger partial charge in [0.25, 0.3) is 0 Å². The van der Waals surface area contributed by atoms with E-state index in [0.29, 0.717) is 0 Å². The Morgan fingerprint density at radius 3 is 2.09 bits per heavy atom. The third-order valence-electron chi connectivity index (χ3n) is 1.15. The van der Waals surface area contributed by atoms with Gasteiger partial charge in [-0.15, -0.1) is 0 Å². The molecule has 0 saturated carbocycles. The number of ether oxygens (including phenoxy) is 1. The van der Waals surface area contributed by atoms with Gasteiger partial charge in [-0.05, 0) is 6.92 Å². The van der Waals surface area contributed by atoms with E-state index in [1.165, 1.54) is 6.92 Å². The number of hydrogen-bond acceptors (Lipinski definition) is 5. The molecule has 5 heteroatoms. The fourth-order valence-corrected chi connectivity index (χ4v) is 0.462. The summed E-state index contributed by atoms with van der Waals surface area (Å²) in [6, 6.07) is 0. The molecule has 0 heterocycles. The van der Waals surface area contributed by atoms with Crippen LogP contribution in [-0.2, 0) is 4.74 Å². The van der Waals surface area contributed by atoms with Crippen molar-refractivity contribution in [2.45, 2.75) is 25.4 Å². The summed E-state index contributed by atoms with van der Waals surface area (Å²) in [6.45, 7) is 0.724. The molecular formula is C6H14O5. The van der Waals surface area contributed by atoms with Crippen molar-refractivity contribution in [1.82, 2.24) is 0 Å². The highest BCUT2D eigenvalue weighted by Gasteiger charge is 2.17. The van der Waals surface area contributed by atoms with Crippen LogP contribution in [0.2, 0.25) is 0 Å². The second-order valence-corrected chi connectivity index (χ2v) is 2.27. The number of aliphatic hydroxyl groups is 4. The second kappa shape index (κ2) is 5.45. The topological polar surface area (TPSA) is 90.2 Å². The van der Waals surface area contributed by atoms with Crippen molar-refractivity contribution in [3.8, 4) is 0 Å². The van der Waals surface area contributed by atoms with Gasteiger partial charge in [-0.1, -0.05) is 0 Å². The van der Waals surface area contributed by atoms with Gasteiger partial charge in [0.2, 0.25) is 0 Å². The molecule has 5 nitrogen and oxygen atoms in total. The molecule has 0 aromatic rings. The average molecular weight is 166 g/mol. The molecule has 0 aromatic carbocycles. The monoisotopic (exact) mass is 166 g/mol. The summed E-state index contributed by atoms with van der Waals surface area (Å²) in [5.74, 6) is 0. The Labute approximate surface area is 64.9 Å². The molecular weight excluding hydrogens is 152 g/mol. The van der Waals surface area contributed by atoms with E-state index in [2.05, 4.69) is 4.74 Å². The van der Waals surface area contributed by atoms with Crippen molar-refractivity contribution in [3.63, 3.8) is 0 Å². The zero-order chi connectivity index (χ0) is 8.85. The lowest BCUT2D eigenvalue weighted by Crippen LogP contribution is -2.35. The highest BCUT2D eigenvalue weighted by Crippen LogP contribution is 1.99. The first-order valence-corrected chi connectivity index (χ1v) is 3.35. The van der Waals surface area contributed by atoms with Gasteiger partial charge in [-0.25, -0.2) is 0 Å². The number of hydrogen-bond donors (Lipinski definition) is 4. The molecule has 0 spiro atoms. The van der Waals surface area contributed by atoms with Crippen molar-refractivity contribution < 1.29 is 25.2 Å². The smallest absolute Gasteiger partial charge is 0.183 e. The van der Waals surface area contributed by atoms with Gasteiger partial charge in [0.1, 0.15) is 6.10 Å². The lowest BCUT2D eigenvalue weighted by Gasteiger charge is -2.19. The zero-order valence-electron chi connectivity index (χ0n) is 6.34. The van der Waals surface area contributed by atoms with Crippen LogP contribution in [0.15, 0.2) is 0 Å². The molecule has 3 atom stereocenters. The minimum atomic E-state index is -1.44. The van der Waals surface area contributed by atoms with E-state index in [1.54, 1.807) is 0 Å². The molecule has 68 valence electrons. The summed E-state index contributed by atoms with van der Waals surface area (Å²) in [6.07, 6.45) is -3.31. The van der Waals surface area contributed by atoms with Gasteiger partial charge < -0.3 is 25.2 Å². The van der Waals surface area contributed by atoms with E-state index >= 15 is 0 Å². The Morgan fingerprint density at radius 2 is 1.73 bits per heavy atom. The van der Waals surface area contributed by atoms with E-state index < -0.39 is 25.1 Å². The highest BCUT2D eigenvalue weighted by atomic mass is 16.6. The maximum atomic E-state index is 8.88. The van der Waals surface area contributed by atoms with Gasteiger partial charge in [0.15, 0.2) is 6.29 Å². The molecule has 4 N–H and O–H groups in total. The molecule has 2 unspecified atom stereocenters. The Kier molecular flexibility index (Phi) is 5.35. The second-order valence-electron chi connectivity index (χ2n) is 2.27. The first-order chi connectivity index (χ1) is 5.11. The fraction of sp³-hybridized carbons (Fsp3) is 1.00. The quantitative estimate of drug-likeness (QED) is 0.357. The summed E-state index contributed by atoms with van der Waals surface area (Å²) < 4.78 is 4.65. The van der Waals surface area contributed by atoms with E-state index in [0.717, 1.165) is 0 Å². The molecule has 11 heavy (non-hydrogen) atoms. The molecule has 0 rings (SSSR count).